The number of piperidine rings is 2. The number of hydrogen-bond acceptors (Lipinski definition) is 2. The van der Waals surface area contributed by atoms with E-state index in [0.717, 1.165) is 41.8 Å². The minimum Gasteiger partial charge on any atom is -0.306 e. The number of rotatable bonds is 2. The van der Waals surface area contributed by atoms with E-state index in [4.69, 9.17) is 0 Å². The second-order valence-corrected chi connectivity index (χ2v) is 10.2. The molecule has 4 heteroatoms. The van der Waals surface area contributed by atoms with Crippen LogP contribution in [0.15, 0.2) is 29.1 Å². The normalized spacial score (nSPS) is 38.6. The van der Waals surface area contributed by atoms with Crippen molar-refractivity contribution >= 4 is 11.0 Å². The van der Waals surface area contributed by atoms with Crippen molar-refractivity contribution in [2.75, 3.05) is 0 Å². The maximum absolute atomic E-state index is 12.8. The van der Waals surface area contributed by atoms with Crippen LogP contribution in [0.2, 0.25) is 0 Å². The van der Waals surface area contributed by atoms with Gasteiger partial charge < -0.3 is 4.98 Å². The molecule has 4 bridgehead atoms. The van der Waals surface area contributed by atoms with E-state index in [1.807, 2.05) is 12.1 Å². The van der Waals surface area contributed by atoms with Crippen molar-refractivity contribution < 1.29 is 0 Å². The standard InChI is InChI=1S/C24H33N3O/c28-24-25-22-9-1-2-10-23(22)27(24)21-14-18-7-4-8-19(15-21)26(18)20-12-16-5-3-6-17(11-16)13-20/h1-2,9-10,16-21H,3-8,11-15H2,(H,25,28)/t16-,17+,18-,19+,20?,21?. The van der Waals surface area contributed by atoms with Gasteiger partial charge in [-0.05, 0) is 68.9 Å². The first-order chi connectivity index (χ1) is 13.8. The molecular weight excluding hydrogens is 346 g/mol. The highest BCUT2D eigenvalue weighted by Crippen LogP contribution is 2.47. The van der Waals surface area contributed by atoms with Gasteiger partial charge in [-0.2, -0.15) is 0 Å². The number of nitrogens with zero attached hydrogens (tertiary/aromatic N) is 2. The van der Waals surface area contributed by atoms with Gasteiger partial charge in [0.05, 0.1) is 11.0 Å². The fourth-order valence-electron chi connectivity index (χ4n) is 7.57. The Hall–Kier alpha value is -1.55. The second kappa shape index (κ2) is 6.76. The first-order valence-corrected chi connectivity index (χ1v) is 11.7. The molecule has 2 unspecified atom stereocenters. The van der Waals surface area contributed by atoms with Crippen molar-refractivity contribution in [2.45, 2.75) is 94.8 Å². The number of para-hydroxylation sites is 2. The zero-order valence-electron chi connectivity index (χ0n) is 16.9. The fraction of sp³-hybridized carbons (Fsp3) is 0.708. The highest BCUT2D eigenvalue weighted by atomic mass is 16.1. The van der Waals surface area contributed by atoms with Gasteiger partial charge in [-0.3, -0.25) is 9.47 Å². The number of aromatic nitrogens is 2. The highest BCUT2D eigenvalue weighted by Gasteiger charge is 2.45. The van der Waals surface area contributed by atoms with Gasteiger partial charge in [0, 0.05) is 24.2 Å². The quantitative estimate of drug-likeness (QED) is 0.810. The van der Waals surface area contributed by atoms with E-state index in [0.29, 0.717) is 18.1 Å². The summed E-state index contributed by atoms with van der Waals surface area (Å²) in [7, 11) is 0. The van der Waals surface area contributed by atoms with Crippen LogP contribution < -0.4 is 5.69 Å². The van der Waals surface area contributed by atoms with Crippen LogP contribution in [0, 0.1) is 11.8 Å². The lowest BCUT2D eigenvalue weighted by atomic mass is 9.68. The van der Waals surface area contributed by atoms with E-state index in [-0.39, 0.29) is 5.69 Å². The third-order valence-electron chi connectivity index (χ3n) is 8.52. The summed E-state index contributed by atoms with van der Waals surface area (Å²) < 4.78 is 2.09. The molecule has 2 saturated carbocycles. The Morgan fingerprint density at radius 2 is 1.43 bits per heavy atom. The molecule has 6 rings (SSSR count). The maximum atomic E-state index is 12.8. The molecule has 2 aliphatic carbocycles. The van der Waals surface area contributed by atoms with Crippen molar-refractivity contribution in [1.29, 1.82) is 0 Å². The van der Waals surface area contributed by atoms with Crippen LogP contribution in [-0.4, -0.2) is 32.6 Å². The first-order valence-electron chi connectivity index (χ1n) is 11.7. The fourth-order valence-corrected chi connectivity index (χ4v) is 7.57. The summed E-state index contributed by atoms with van der Waals surface area (Å²) in [6.45, 7) is 0. The molecule has 3 heterocycles. The van der Waals surface area contributed by atoms with Crippen molar-refractivity contribution in [3.8, 4) is 0 Å². The molecule has 0 amide bonds. The van der Waals surface area contributed by atoms with Gasteiger partial charge in [-0.25, -0.2) is 4.79 Å². The summed E-state index contributed by atoms with van der Waals surface area (Å²) in [5.74, 6) is 1.99. The van der Waals surface area contributed by atoms with E-state index in [2.05, 4.69) is 26.6 Å². The van der Waals surface area contributed by atoms with Crippen LogP contribution in [0.1, 0.15) is 76.7 Å². The average molecular weight is 380 g/mol. The lowest BCUT2D eigenvalue weighted by Crippen LogP contribution is -2.58. The molecule has 1 aromatic heterocycles. The molecule has 4 fully saturated rings. The predicted octanol–water partition coefficient (Wildman–Crippen LogP) is 4.86. The zero-order chi connectivity index (χ0) is 18.7. The van der Waals surface area contributed by atoms with Gasteiger partial charge >= 0.3 is 5.69 Å². The minimum absolute atomic E-state index is 0.0879. The summed E-state index contributed by atoms with van der Waals surface area (Å²) >= 11 is 0. The van der Waals surface area contributed by atoms with E-state index >= 15 is 0 Å². The molecule has 4 aliphatic rings. The van der Waals surface area contributed by atoms with Crippen molar-refractivity contribution in [2.24, 2.45) is 11.8 Å². The van der Waals surface area contributed by atoms with Crippen LogP contribution in [0.5, 0.6) is 0 Å². The first kappa shape index (κ1) is 17.3. The largest absolute Gasteiger partial charge is 0.326 e. The third-order valence-corrected chi connectivity index (χ3v) is 8.52. The SMILES string of the molecule is O=c1[nH]c2ccccc2n1C1C[C@H]2CCC[C@@H](C1)N2C1C[C@H]2CCC[C@@H](C1)C2. The van der Waals surface area contributed by atoms with E-state index in [9.17, 15) is 4.79 Å². The Balaban J connectivity index is 1.29. The number of benzene rings is 1. The van der Waals surface area contributed by atoms with Crippen molar-refractivity contribution in [3.05, 3.63) is 34.7 Å². The van der Waals surface area contributed by atoms with Crippen molar-refractivity contribution in [3.63, 3.8) is 0 Å². The number of H-pyrrole nitrogens is 1. The molecule has 6 atom stereocenters. The maximum Gasteiger partial charge on any atom is 0.326 e. The lowest BCUT2D eigenvalue weighted by Gasteiger charge is -2.55. The summed E-state index contributed by atoms with van der Waals surface area (Å²) in [6, 6.07) is 10.8. The van der Waals surface area contributed by atoms with Crippen molar-refractivity contribution in [1.82, 2.24) is 14.5 Å². The predicted molar refractivity (Wildman–Crippen MR) is 113 cm³/mol. The smallest absolute Gasteiger partial charge is 0.306 e. The molecule has 0 spiro atoms. The lowest BCUT2D eigenvalue weighted by molar-refractivity contribution is -0.0485. The molecule has 4 nitrogen and oxygen atoms in total. The average Bonchev–Trinajstić information content (AvgIpc) is 3.02. The van der Waals surface area contributed by atoms with Crippen LogP contribution in [0.3, 0.4) is 0 Å². The summed E-state index contributed by atoms with van der Waals surface area (Å²) in [5.41, 5.74) is 2.17. The third kappa shape index (κ3) is 2.79. The number of hydrogen-bond donors (Lipinski definition) is 1. The molecule has 2 aromatic rings. The molecule has 150 valence electrons. The number of fused-ring (bicyclic) bond motifs is 5. The Morgan fingerprint density at radius 1 is 0.750 bits per heavy atom. The van der Waals surface area contributed by atoms with Gasteiger partial charge in [0.2, 0.25) is 0 Å². The molecular formula is C24H33N3O. The van der Waals surface area contributed by atoms with E-state index in [1.165, 1.54) is 57.8 Å². The van der Waals surface area contributed by atoms with Crippen LogP contribution in [-0.2, 0) is 0 Å². The summed E-state index contributed by atoms with van der Waals surface area (Å²) in [5, 5.41) is 0. The number of aromatic amines is 1. The van der Waals surface area contributed by atoms with Gasteiger partial charge in [0.25, 0.3) is 0 Å². The monoisotopic (exact) mass is 379 g/mol. The van der Waals surface area contributed by atoms with Gasteiger partial charge in [-0.1, -0.05) is 37.8 Å². The molecule has 1 aromatic carbocycles. The molecule has 2 aliphatic heterocycles. The topological polar surface area (TPSA) is 41.0 Å². The Kier molecular flexibility index (Phi) is 4.18. The summed E-state index contributed by atoms with van der Waals surface area (Å²) in [6.07, 6.45) is 15.2. The summed E-state index contributed by atoms with van der Waals surface area (Å²) in [4.78, 5) is 18.8. The Bertz CT molecular complexity index is 888. The molecule has 2 saturated heterocycles. The second-order valence-electron chi connectivity index (χ2n) is 10.2. The molecule has 28 heavy (non-hydrogen) atoms. The van der Waals surface area contributed by atoms with Crippen LogP contribution in [0.4, 0.5) is 0 Å². The van der Waals surface area contributed by atoms with E-state index < -0.39 is 0 Å². The number of nitrogens with one attached hydrogen (secondary N) is 1. The van der Waals surface area contributed by atoms with E-state index in [1.54, 1.807) is 0 Å². The van der Waals surface area contributed by atoms with Gasteiger partial charge in [-0.15, -0.1) is 0 Å². The minimum atomic E-state index is 0.0879. The molecule has 0 radical (unpaired) electrons. The molecule has 1 N–H and O–H groups in total. The Morgan fingerprint density at radius 3 is 2.18 bits per heavy atom. The van der Waals surface area contributed by atoms with Crippen LogP contribution in [0.25, 0.3) is 11.0 Å². The number of imidazole rings is 1. The Labute approximate surface area is 167 Å². The van der Waals surface area contributed by atoms with Gasteiger partial charge in [0.15, 0.2) is 0 Å². The highest BCUT2D eigenvalue weighted by molar-refractivity contribution is 5.75. The zero-order valence-corrected chi connectivity index (χ0v) is 16.9. The van der Waals surface area contributed by atoms with Gasteiger partial charge in [0.1, 0.15) is 0 Å². The van der Waals surface area contributed by atoms with Crippen LogP contribution >= 0.6 is 0 Å².